The highest BCUT2D eigenvalue weighted by molar-refractivity contribution is 5.96. The van der Waals surface area contributed by atoms with Crippen LogP contribution in [0.4, 0.5) is 15.8 Å². The predicted octanol–water partition coefficient (Wildman–Crippen LogP) is 3.88. The maximum atomic E-state index is 13.1. The highest BCUT2D eigenvalue weighted by atomic mass is 19.1. The summed E-state index contributed by atoms with van der Waals surface area (Å²) < 4.78 is 13.1. The molecule has 0 bridgehead atoms. The zero-order valence-corrected chi connectivity index (χ0v) is 16.2. The van der Waals surface area contributed by atoms with Crippen LogP contribution >= 0.6 is 0 Å². The monoisotopic (exact) mass is 383 g/mol. The summed E-state index contributed by atoms with van der Waals surface area (Å²) in [6, 6.07) is 13.6. The summed E-state index contributed by atoms with van der Waals surface area (Å²) in [4.78, 5) is 25.9. The van der Waals surface area contributed by atoms with Crippen molar-refractivity contribution in [3.05, 3.63) is 59.9 Å². The lowest BCUT2D eigenvalue weighted by atomic mass is 9.96. The molecule has 28 heavy (non-hydrogen) atoms. The molecule has 1 fully saturated rings. The second kappa shape index (κ2) is 8.97. The summed E-state index contributed by atoms with van der Waals surface area (Å²) in [7, 11) is 0. The summed E-state index contributed by atoms with van der Waals surface area (Å²) in [6.45, 7) is 5.00. The minimum Gasteiger partial charge on any atom is -0.325 e. The molecule has 1 aliphatic rings. The lowest BCUT2D eigenvalue weighted by molar-refractivity contribution is -0.117. The third-order valence-corrected chi connectivity index (χ3v) is 4.91. The van der Waals surface area contributed by atoms with E-state index in [0.29, 0.717) is 12.1 Å². The second-order valence-electron chi connectivity index (χ2n) is 7.40. The van der Waals surface area contributed by atoms with Crippen molar-refractivity contribution in [1.29, 1.82) is 0 Å². The van der Waals surface area contributed by atoms with E-state index >= 15 is 0 Å². The van der Waals surface area contributed by atoms with Gasteiger partial charge in [0.25, 0.3) is 0 Å². The van der Waals surface area contributed by atoms with Crippen LogP contribution in [0.15, 0.2) is 48.5 Å². The zero-order valence-electron chi connectivity index (χ0n) is 16.2. The van der Waals surface area contributed by atoms with Crippen molar-refractivity contribution in [2.45, 2.75) is 32.7 Å². The molecule has 0 unspecified atom stereocenters. The number of rotatable bonds is 7. The molecule has 0 saturated carbocycles. The minimum absolute atomic E-state index is 0.0464. The van der Waals surface area contributed by atoms with Gasteiger partial charge in [-0.15, -0.1) is 0 Å². The van der Waals surface area contributed by atoms with Gasteiger partial charge in [0.1, 0.15) is 5.82 Å². The first kappa shape index (κ1) is 20.0. The van der Waals surface area contributed by atoms with Crippen molar-refractivity contribution < 1.29 is 14.0 Å². The third-order valence-electron chi connectivity index (χ3n) is 4.91. The Labute approximate surface area is 164 Å². The van der Waals surface area contributed by atoms with Crippen LogP contribution in [0.5, 0.6) is 0 Å². The average molecular weight is 383 g/mol. The Balaban J connectivity index is 1.55. The predicted molar refractivity (Wildman–Crippen MR) is 109 cm³/mol. The molecule has 0 aromatic heterocycles. The van der Waals surface area contributed by atoms with Gasteiger partial charge >= 0.3 is 0 Å². The summed E-state index contributed by atoms with van der Waals surface area (Å²) in [6.07, 6.45) is 1.48. The number of nitrogens with zero attached hydrogens (tertiary/aromatic N) is 1. The zero-order chi connectivity index (χ0) is 20.1. The summed E-state index contributed by atoms with van der Waals surface area (Å²) >= 11 is 0. The molecule has 2 aromatic rings. The molecule has 1 saturated heterocycles. The maximum absolute atomic E-state index is 13.1. The van der Waals surface area contributed by atoms with E-state index < -0.39 is 0 Å². The van der Waals surface area contributed by atoms with E-state index in [9.17, 15) is 14.0 Å². The summed E-state index contributed by atoms with van der Waals surface area (Å²) in [5.41, 5.74) is 2.49. The van der Waals surface area contributed by atoms with E-state index in [1.54, 1.807) is 29.2 Å². The molecule has 2 amide bonds. The summed E-state index contributed by atoms with van der Waals surface area (Å²) in [5.74, 6) is -0.0436. The number of hydrogen-bond donors (Lipinski definition) is 2. The van der Waals surface area contributed by atoms with Gasteiger partial charge in [-0.1, -0.05) is 26.0 Å². The van der Waals surface area contributed by atoms with E-state index in [1.165, 1.54) is 12.1 Å². The van der Waals surface area contributed by atoms with Crippen LogP contribution in [0.1, 0.15) is 38.3 Å². The van der Waals surface area contributed by atoms with Crippen LogP contribution in [-0.2, 0) is 9.59 Å². The van der Waals surface area contributed by atoms with Crippen LogP contribution in [-0.4, -0.2) is 24.9 Å². The Morgan fingerprint density at radius 1 is 1.11 bits per heavy atom. The minimum atomic E-state index is -0.275. The lowest BCUT2D eigenvalue weighted by Gasteiger charge is -2.23. The molecule has 1 aliphatic heterocycles. The van der Waals surface area contributed by atoms with E-state index in [4.69, 9.17) is 0 Å². The van der Waals surface area contributed by atoms with E-state index in [0.717, 1.165) is 24.2 Å². The molecule has 2 aromatic carbocycles. The topological polar surface area (TPSA) is 61.4 Å². The van der Waals surface area contributed by atoms with Crippen molar-refractivity contribution in [3.8, 4) is 0 Å². The third kappa shape index (κ3) is 4.95. The molecule has 3 rings (SSSR count). The molecular weight excluding hydrogens is 357 g/mol. The molecule has 1 atom stereocenters. The number of benzene rings is 2. The maximum Gasteiger partial charge on any atom is 0.238 e. The first-order chi connectivity index (χ1) is 13.4. The highest BCUT2D eigenvalue weighted by Gasteiger charge is 2.21. The Bertz CT molecular complexity index is 819. The number of carbonyl (C=O) groups is 2. The quantitative estimate of drug-likeness (QED) is 0.763. The van der Waals surface area contributed by atoms with Gasteiger partial charge in [-0.3, -0.25) is 9.59 Å². The molecule has 0 aliphatic carbocycles. The number of anilines is 2. The van der Waals surface area contributed by atoms with Gasteiger partial charge in [0.2, 0.25) is 11.8 Å². The summed E-state index contributed by atoms with van der Waals surface area (Å²) in [5, 5.41) is 6.11. The fraction of sp³-hybridized carbons (Fsp3) is 0.364. The van der Waals surface area contributed by atoms with Crippen molar-refractivity contribution in [2.75, 3.05) is 23.3 Å². The van der Waals surface area contributed by atoms with E-state index in [-0.39, 0.29) is 36.1 Å². The molecule has 0 radical (unpaired) electrons. The van der Waals surface area contributed by atoms with Gasteiger partial charge in [-0.25, -0.2) is 4.39 Å². The van der Waals surface area contributed by atoms with Crippen molar-refractivity contribution in [3.63, 3.8) is 0 Å². The molecule has 148 valence electrons. The average Bonchev–Trinajstić information content (AvgIpc) is 3.09. The molecule has 0 spiro atoms. The van der Waals surface area contributed by atoms with E-state index in [2.05, 4.69) is 24.5 Å². The first-order valence-electron chi connectivity index (χ1n) is 9.63. The van der Waals surface area contributed by atoms with Crippen LogP contribution < -0.4 is 15.5 Å². The fourth-order valence-electron chi connectivity index (χ4n) is 3.46. The highest BCUT2D eigenvalue weighted by Crippen LogP contribution is 2.24. The largest absolute Gasteiger partial charge is 0.325 e. The van der Waals surface area contributed by atoms with Gasteiger partial charge in [0, 0.05) is 30.4 Å². The van der Waals surface area contributed by atoms with Crippen molar-refractivity contribution >= 4 is 23.2 Å². The van der Waals surface area contributed by atoms with Gasteiger partial charge in [-0.2, -0.15) is 0 Å². The van der Waals surface area contributed by atoms with Crippen LogP contribution in [0.25, 0.3) is 0 Å². The Morgan fingerprint density at radius 3 is 2.36 bits per heavy atom. The normalized spacial score (nSPS) is 15.1. The number of hydrogen-bond acceptors (Lipinski definition) is 3. The van der Waals surface area contributed by atoms with Crippen molar-refractivity contribution in [1.82, 2.24) is 5.32 Å². The second-order valence-corrected chi connectivity index (χ2v) is 7.40. The lowest BCUT2D eigenvalue weighted by Crippen LogP contribution is -2.33. The Kier molecular flexibility index (Phi) is 6.41. The molecule has 6 heteroatoms. The van der Waals surface area contributed by atoms with Crippen LogP contribution in [0.2, 0.25) is 0 Å². The number of halogens is 1. The van der Waals surface area contributed by atoms with Crippen LogP contribution in [0.3, 0.4) is 0 Å². The van der Waals surface area contributed by atoms with E-state index in [1.807, 2.05) is 12.1 Å². The molecule has 1 heterocycles. The Hall–Kier alpha value is -2.73. The van der Waals surface area contributed by atoms with Gasteiger partial charge in [0.15, 0.2) is 0 Å². The van der Waals surface area contributed by atoms with Gasteiger partial charge in [-0.05, 0) is 54.3 Å². The van der Waals surface area contributed by atoms with Crippen LogP contribution in [0, 0.1) is 11.7 Å². The number of nitrogens with one attached hydrogen (secondary N) is 2. The molecule has 2 N–H and O–H groups in total. The van der Waals surface area contributed by atoms with Crippen molar-refractivity contribution in [2.24, 2.45) is 5.92 Å². The Morgan fingerprint density at radius 2 is 1.79 bits per heavy atom. The molecular formula is C22H26FN3O2. The standard InChI is InChI=1S/C22H26FN3O2/c1-15(2)22(16-5-7-17(23)8-6-16)24-14-20(27)25-18-9-11-19(12-10-18)26-13-3-4-21(26)28/h5-12,15,22,24H,3-4,13-14H2,1-2H3,(H,25,27)/t22-/m1/s1. The smallest absolute Gasteiger partial charge is 0.238 e. The first-order valence-corrected chi connectivity index (χ1v) is 9.63. The molecule has 5 nitrogen and oxygen atoms in total. The number of carbonyl (C=O) groups excluding carboxylic acids is 2. The number of amides is 2. The van der Waals surface area contributed by atoms with Gasteiger partial charge in [0.05, 0.1) is 6.54 Å². The van der Waals surface area contributed by atoms with Gasteiger partial charge < -0.3 is 15.5 Å². The fourth-order valence-corrected chi connectivity index (χ4v) is 3.46. The SMILES string of the molecule is CC(C)[C@@H](NCC(=O)Nc1ccc(N2CCCC2=O)cc1)c1ccc(F)cc1.